The quantitative estimate of drug-likeness (QED) is 0.653. The van der Waals surface area contributed by atoms with Crippen molar-refractivity contribution in [1.29, 1.82) is 0 Å². The Balaban J connectivity index is 1.80. The van der Waals surface area contributed by atoms with Gasteiger partial charge in [0.1, 0.15) is 0 Å². The normalized spacial score (nSPS) is 10.2. The zero-order valence-electron chi connectivity index (χ0n) is 12.4. The van der Waals surface area contributed by atoms with Crippen LogP contribution in [0.3, 0.4) is 0 Å². The zero-order valence-corrected chi connectivity index (χ0v) is 12.4. The van der Waals surface area contributed by atoms with Crippen LogP contribution < -0.4 is 5.32 Å². The van der Waals surface area contributed by atoms with Crippen LogP contribution in [-0.2, 0) is 11.2 Å². The van der Waals surface area contributed by atoms with Crippen LogP contribution in [-0.4, -0.2) is 24.6 Å². The number of aromatic nitrogens is 1. The van der Waals surface area contributed by atoms with E-state index in [0.717, 1.165) is 30.8 Å². The van der Waals surface area contributed by atoms with Crippen molar-refractivity contribution in [3.8, 4) is 0 Å². The monoisotopic (exact) mass is 284 g/mol. The summed E-state index contributed by atoms with van der Waals surface area (Å²) in [4.78, 5) is 15.7. The molecule has 0 unspecified atom stereocenters. The molecule has 21 heavy (non-hydrogen) atoms. The number of nitrogens with zero attached hydrogens (tertiary/aromatic N) is 1. The Labute approximate surface area is 125 Å². The average molecular weight is 284 g/mol. The molecule has 0 bridgehead atoms. The maximum Gasteiger partial charge on any atom is 0.337 e. The molecule has 0 spiro atoms. The molecule has 0 amide bonds. The van der Waals surface area contributed by atoms with E-state index in [0.29, 0.717) is 5.56 Å². The van der Waals surface area contributed by atoms with Crippen LogP contribution in [0, 0.1) is 6.92 Å². The molecule has 1 heterocycles. The summed E-state index contributed by atoms with van der Waals surface area (Å²) in [6.45, 7) is 2.83. The number of anilines is 1. The number of aryl methyl sites for hydroxylation is 2. The molecule has 0 saturated carbocycles. The van der Waals surface area contributed by atoms with Crippen LogP contribution in [0.15, 0.2) is 42.6 Å². The van der Waals surface area contributed by atoms with E-state index >= 15 is 0 Å². The average Bonchev–Trinajstić information content (AvgIpc) is 2.53. The lowest BCUT2D eigenvalue weighted by molar-refractivity contribution is 0.0601. The fourth-order valence-corrected chi connectivity index (χ4v) is 2.05. The number of benzene rings is 1. The van der Waals surface area contributed by atoms with E-state index in [9.17, 15) is 4.79 Å². The standard InChI is InChI=1S/C17H20N2O2/c1-13-8-9-14(12-19-13)5-4-10-18-16-7-3-6-15(11-16)17(20)21-2/h3,6-9,11-12,18H,4-5,10H2,1-2H3. The van der Waals surface area contributed by atoms with E-state index in [4.69, 9.17) is 4.74 Å². The first-order chi connectivity index (χ1) is 10.2. The van der Waals surface area contributed by atoms with Gasteiger partial charge in [-0.25, -0.2) is 4.79 Å². The highest BCUT2D eigenvalue weighted by Crippen LogP contribution is 2.12. The van der Waals surface area contributed by atoms with Crippen molar-refractivity contribution in [1.82, 2.24) is 4.98 Å². The van der Waals surface area contributed by atoms with Gasteiger partial charge in [-0.15, -0.1) is 0 Å². The number of esters is 1. The zero-order chi connectivity index (χ0) is 15.1. The Bertz CT molecular complexity index is 594. The minimum Gasteiger partial charge on any atom is -0.465 e. The van der Waals surface area contributed by atoms with Gasteiger partial charge in [0.05, 0.1) is 12.7 Å². The molecule has 2 rings (SSSR count). The SMILES string of the molecule is COC(=O)c1cccc(NCCCc2ccc(C)nc2)c1. The van der Waals surface area contributed by atoms with Gasteiger partial charge in [-0.3, -0.25) is 4.98 Å². The van der Waals surface area contributed by atoms with E-state index in [-0.39, 0.29) is 5.97 Å². The minimum atomic E-state index is -0.315. The van der Waals surface area contributed by atoms with E-state index < -0.39 is 0 Å². The molecular formula is C17H20N2O2. The summed E-state index contributed by atoms with van der Waals surface area (Å²) in [5.74, 6) is -0.315. The van der Waals surface area contributed by atoms with Crippen molar-refractivity contribution >= 4 is 11.7 Å². The van der Waals surface area contributed by atoms with Crippen molar-refractivity contribution in [3.63, 3.8) is 0 Å². The van der Waals surface area contributed by atoms with Gasteiger partial charge >= 0.3 is 5.97 Å². The number of hydrogen-bond donors (Lipinski definition) is 1. The molecule has 0 saturated heterocycles. The number of ether oxygens (including phenoxy) is 1. The molecule has 1 aromatic carbocycles. The summed E-state index contributed by atoms with van der Waals surface area (Å²) in [6.07, 6.45) is 3.91. The third kappa shape index (κ3) is 4.60. The van der Waals surface area contributed by atoms with Gasteiger partial charge < -0.3 is 10.1 Å². The summed E-state index contributed by atoms with van der Waals surface area (Å²) < 4.78 is 4.71. The van der Waals surface area contributed by atoms with Gasteiger partial charge in [0.2, 0.25) is 0 Å². The number of pyridine rings is 1. The largest absolute Gasteiger partial charge is 0.465 e. The lowest BCUT2D eigenvalue weighted by Gasteiger charge is -2.08. The number of carbonyl (C=O) groups is 1. The van der Waals surface area contributed by atoms with Crippen molar-refractivity contribution in [3.05, 3.63) is 59.4 Å². The molecule has 0 aliphatic heterocycles. The summed E-state index contributed by atoms with van der Waals surface area (Å²) in [5.41, 5.74) is 3.77. The molecule has 1 aromatic heterocycles. The third-order valence-corrected chi connectivity index (χ3v) is 3.23. The first-order valence-electron chi connectivity index (χ1n) is 7.03. The maximum atomic E-state index is 11.5. The van der Waals surface area contributed by atoms with Gasteiger partial charge in [-0.2, -0.15) is 0 Å². The van der Waals surface area contributed by atoms with E-state index in [2.05, 4.69) is 16.4 Å². The molecule has 4 heteroatoms. The first kappa shape index (κ1) is 15.0. The Morgan fingerprint density at radius 3 is 2.86 bits per heavy atom. The van der Waals surface area contributed by atoms with Gasteiger partial charge in [0, 0.05) is 24.1 Å². The summed E-state index contributed by atoms with van der Waals surface area (Å²) in [7, 11) is 1.39. The molecule has 2 aromatic rings. The van der Waals surface area contributed by atoms with Crippen LogP contribution in [0.4, 0.5) is 5.69 Å². The van der Waals surface area contributed by atoms with Crippen LogP contribution in [0.5, 0.6) is 0 Å². The summed E-state index contributed by atoms with van der Waals surface area (Å²) in [6, 6.07) is 11.5. The molecule has 1 N–H and O–H groups in total. The number of methoxy groups -OCH3 is 1. The van der Waals surface area contributed by atoms with Crippen molar-refractivity contribution < 1.29 is 9.53 Å². The topological polar surface area (TPSA) is 51.2 Å². The molecule has 110 valence electrons. The highest BCUT2D eigenvalue weighted by molar-refractivity contribution is 5.90. The fourth-order valence-electron chi connectivity index (χ4n) is 2.05. The van der Waals surface area contributed by atoms with Crippen LogP contribution >= 0.6 is 0 Å². The van der Waals surface area contributed by atoms with E-state index in [1.54, 1.807) is 12.1 Å². The fraction of sp³-hybridized carbons (Fsp3) is 0.294. The predicted molar refractivity (Wildman–Crippen MR) is 83.6 cm³/mol. The predicted octanol–water partition coefficient (Wildman–Crippen LogP) is 3.22. The maximum absolute atomic E-state index is 11.5. The number of nitrogens with one attached hydrogen (secondary N) is 1. The second-order valence-corrected chi connectivity index (χ2v) is 4.91. The highest BCUT2D eigenvalue weighted by atomic mass is 16.5. The first-order valence-corrected chi connectivity index (χ1v) is 7.03. The summed E-state index contributed by atoms with van der Waals surface area (Å²) >= 11 is 0. The second kappa shape index (κ2) is 7.43. The number of carbonyl (C=O) groups excluding carboxylic acids is 1. The Hall–Kier alpha value is -2.36. The minimum absolute atomic E-state index is 0.315. The van der Waals surface area contributed by atoms with Crippen LogP contribution in [0.1, 0.15) is 28.0 Å². The summed E-state index contributed by atoms with van der Waals surface area (Å²) in [5, 5.41) is 3.32. The van der Waals surface area contributed by atoms with Gasteiger partial charge in [0.25, 0.3) is 0 Å². The van der Waals surface area contributed by atoms with Gasteiger partial charge in [0.15, 0.2) is 0 Å². The van der Waals surface area contributed by atoms with Crippen molar-refractivity contribution in [2.45, 2.75) is 19.8 Å². The highest BCUT2D eigenvalue weighted by Gasteiger charge is 2.05. The van der Waals surface area contributed by atoms with Crippen LogP contribution in [0.2, 0.25) is 0 Å². The molecule has 4 nitrogen and oxygen atoms in total. The molecule has 0 radical (unpaired) electrons. The Morgan fingerprint density at radius 1 is 1.29 bits per heavy atom. The van der Waals surface area contributed by atoms with Crippen molar-refractivity contribution in [2.75, 3.05) is 19.0 Å². The molecular weight excluding hydrogens is 264 g/mol. The Morgan fingerprint density at radius 2 is 2.14 bits per heavy atom. The number of hydrogen-bond acceptors (Lipinski definition) is 4. The smallest absolute Gasteiger partial charge is 0.337 e. The molecule has 0 atom stereocenters. The number of rotatable bonds is 6. The molecule has 0 fully saturated rings. The molecule has 0 aliphatic carbocycles. The van der Waals surface area contributed by atoms with Crippen molar-refractivity contribution in [2.24, 2.45) is 0 Å². The lowest BCUT2D eigenvalue weighted by Crippen LogP contribution is -2.05. The Kier molecular flexibility index (Phi) is 5.32. The third-order valence-electron chi connectivity index (χ3n) is 3.23. The lowest BCUT2D eigenvalue weighted by atomic mass is 10.1. The van der Waals surface area contributed by atoms with Crippen LogP contribution in [0.25, 0.3) is 0 Å². The van der Waals surface area contributed by atoms with Gasteiger partial charge in [-0.1, -0.05) is 12.1 Å². The second-order valence-electron chi connectivity index (χ2n) is 4.91. The van der Waals surface area contributed by atoms with Gasteiger partial charge in [-0.05, 0) is 49.6 Å². The van der Waals surface area contributed by atoms with E-state index in [1.165, 1.54) is 12.7 Å². The molecule has 0 aliphatic rings. The van der Waals surface area contributed by atoms with E-state index in [1.807, 2.05) is 31.3 Å².